The molecule has 2 aliphatic rings. The van der Waals surface area contributed by atoms with Crippen molar-refractivity contribution in [1.82, 2.24) is 35.4 Å². The number of carbonyl (C=O) groups excluding carboxylic acids is 4. The summed E-state index contributed by atoms with van der Waals surface area (Å²) >= 11 is 2.50. The maximum Gasteiger partial charge on any atom is 0.355 e. The van der Waals surface area contributed by atoms with Gasteiger partial charge in [0.25, 0.3) is 11.8 Å². The molecular formula is C55H51N9O11S2. The van der Waals surface area contributed by atoms with Crippen LogP contribution in [0.4, 0.5) is 5.13 Å². The van der Waals surface area contributed by atoms with Crippen molar-refractivity contribution in [2.45, 2.75) is 36.7 Å². The van der Waals surface area contributed by atoms with E-state index in [2.05, 4.69) is 31.3 Å². The van der Waals surface area contributed by atoms with Gasteiger partial charge in [0.1, 0.15) is 58.0 Å². The van der Waals surface area contributed by atoms with Gasteiger partial charge in [-0.05, 0) is 63.0 Å². The van der Waals surface area contributed by atoms with Crippen molar-refractivity contribution in [2.24, 2.45) is 5.16 Å². The van der Waals surface area contributed by atoms with E-state index in [1.165, 1.54) is 60.1 Å². The number of methoxy groups -OCH3 is 5. The molecule has 2 aliphatic heterocycles. The summed E-state index contributed by atoms with van der Waals surface area (Å²) in [5, 5.41) is 24.4. The lowest BCUT2D eigenvalue weighted by Gasteiger charge is -2.49. The van der Waals surface area contributed by atoms with Crippen molar-refractivity contribution >= 4 is 57.7 Å². The number of esters is 2. The van der Waals surface area contributed by atoms with Gasteiger partial charge in [0.2, 0.25) is 0 Å². The molecule has 1 saturated heterocycles. The molecule has 5 aromatic carbocycles. The summed E-state index contributed by atoms with van der Waals surface area (Å²) in [6.07, 6.45) is 2.55. The van der Waals surface area contributed by atoms with Crippen LogP contribution in [0.25, 0.3) is 0 Å². The third kappa shape index (κ3) is 11.3. The van der Waals surface area contributed by atoms with Crippen LogP contribution in [-0.4, -0.2) is 112 Å². The highest BCUT2D eigenvalue weighted by Crippen LogP contribution is 2.43. The Hall–Kier alpha value is -9.02. The maximum absolute atomic E-state index is 14.8. The Labute approximate surface area is 450 Å². The first-order valence-electron chi connectivity index (χ1n) is 23.8. The fraction of sp³-hybridized carbons (Fsp3) is 0.218. The Bertz CT molecular complexity index is 3260. The van der Waals surface area contributed by atoms with E-state index in [1.807, 2.05) is 97.1 Å². The van der Waals surface area contributed by atoms with Crippen molar-refractivity contribution in [2.75, 3.05) is 46.6 Å². The topological polar surface area (TPSA) is 229 Å². The molecule has 20 nitrogen and oxygen atoms in total. The first kappa shape index (κ1) is 52.8. The molecule has 0 unspecified atom stereocenters. The zero-order valence-electron chi connectivity index (χ0n) is 42.3. The summed E-state index contributed by atoms with van der Waals surface area (Å²) < 4.78 is 33.8. The Morgan fingerprint density at radius 3 is 1.99 bits per heavy atom. The van der Waals surface area contributed by atoms with E-state index in [9.17, 15) is 19.2 Å². The van der Waals surface area contributed by atoms with E-state index in [0.717, 1.165) is 28.3 Å². The third-order valence-corrected chi connectivity index (χ3v) is 14.7. The molecule has 394 valence electrons. The smallest absolute Gasteiger partial charge is 0.355 e. The van der Waals surface area contributed by atoms with Crippen LogP contribution in [0.15, 0.2) is 161 Å². The molecule has 4 heterocycles. The van der Waals surface area contributed by atoms with Crippen molar-refractivity contribution in [3.05, 3.63) is 196 Å². The molecule has 0 saturated carbocycles. The van der Waals surface area contributed by atoms with Crippen molar-refractivity contribution < 1.29 is 52.4 Å². The number of nitrogens with one attached hydrogen (secondary N) is 2. The fourth-order valence-electron chi connectivity index (χ4n) is 8.72. The SMILES string of the molecule is COC(=O)/C=C\C1=C(C(=O)OCc2ccc(OC)cc2OC)N2C(=O)[C@@H](NC(=O)/C(=N\OCc3nnnn3Cc3ccc(OC)cc3OC)c3csc(NC(c4ccccc4)(c4ccccc4)c4ccccc4)n3)[C@H]2SC1. The number of hydrogen-bond acceptors (Lipinski definition) is 19. The van der Waals surface area contributed by atoms with Crippen LogP contribution in [0, 0.1) is 0 Å². The highest BCUT2D eigenvalue weighted by atomic mass is 32.2. The number of rotatable bonds is 22. The minimum Gasteiger partial charge on any atom is -0.497 e. The van der Waals surface area contributed by atoms with Crippen LogP contribution in [0.1, 0.15) is 39.3 Å². The normalized spacial score (nSPS) is 15.3. The largest absolute Gasteiger partial charge is 0.497 e. The van der Waals surface area contributed by atoms with Crippen molar-refractivity contribution in [3.63, 3.8) is 0 Å². The molecule has 0 aliphatic carbocycles. The number of fused-ring (bicyclic) bond motifs is 1. The van der Waals surface area contributed by atoms with Gasteiger partial charge in [0.05, 0.1) is 42.1 Å². The van der Waals surface area contributed by atoms with E-state index in [-0.39, 0.29) is 48.4 Å². The van der Waals surface area contributed by atoms with E-state index >= 15 is 0 Å². The minimum absolute atomic E-state index is 0.104. The number of benzene rings is 5. The molecule has 0 radical (unpaired) electrons. The molecule has 2 N–H and O–H groups in total. The number of β-lactam (4-membered cyclic amide) rings is 1. The maximum atomic E-state index is 14.8. The van der Waals surface area contributed by atoms with E-state index in [0.29, 0.717) is 39.3 Å². The molecule has 77 heavy (non-hydrogen) atoms. The summed E-state index contributed by atoms with van der Waals surface area (Å²) in [6.45, 7) is -0.312. The van der Waals surface area contributed by atoms with Crippen LogP contribution in [0.3, 0.4) is 0 Å². The van der Waals surface area contributed by atoms with Crippen LogP contribution >= 0.6 is 23.1 Å². The summed E-state index contributed by atoms with van der Waals surface area (Å²) in [6, 6.07) is 39.1. The third-order valence-electron chi connectivity index (χ3n) is 12.6. The molecular weight excluding hydrogens is 1030 g/mol. The number of thioether (sulfide) groups is 1. The Kier molecular flexibility index (Phi) is 16.5. The second-order valence-electron chi connectivity index (χ2n) is 17.0. The quantitative estimate of drug-likeness (QED) is 0.0180. The molecule has 2 amide bonds. The van der Waals surface area contributed by atoms with Crippen LogP contribution < -0.4 is 29.6 Å². The van der Waals surface area contributed by atoms with Gasteiger partial charge in [0, 0.05) is 40.5 Å². The van der Waals surface area contributed by atoms with E-state index in [4.69, 9.17) is 38.2 Å². The zero-order valence-corrected chi connectivity index (χ0v) is 43.9. The number of tetrazole rings is 1. The fourth-order valence-corrected chi connectivity index (χ4v) is 10.8. The molecule has 0 bridgehead atoms. The summed E-state index contributed by atoms with van der Waals surface area (Å²) in [7, 11) is 7.32. The zero-order chi connectivity index (χ0) is 53.9. The minimum atomic E-state index is -1.15. The van der Waals surface area contributed by atoms with Crippen LogP contribution in [0.2, 0.25) is 0 Å². The molecule has 0 spiro atoms. The first-order chi connectivity index (χ1) is 37.6. The lowest BCUT2D eigenvalue weighted by Crippen LogP contribution is -2.71. The van der Waals surface area contributed by atoms with Gasteiger partial charge < -0.3 is 43.9 Å². The van der Waals surface area contributed by atoms with Gasteiger partial charge >= 0.3 is 11.9 Å². The van der Waals surface area contributed by atoms with Gasteiger partial charge in [-0.25, -0.2) is 19.3 Å². The lowest BCUT2D eigenvalue weighted by molar-refractivity contribution is -0.153. The second-order valence-corrected chi connectivity index (χ2v) is 19.0. The summed E-state index contributed by atoms with van der Waals surface area (Å²) in [4.78, 5) is 67.6. The molecule has 7 aromatic rings. The number of thiazole rings is 1. The highest BCUT2D eigenvalue weighted by Gasteiger charge is 2.54. The van der Waals surface area contributed by atoms with Crippen molar-refractivity contribution in [3.8, 4) is 23.0 Å². The van der Waals surface area contributed by atoms with Crippen LogP contribution in [-0.2, 0) is 58.8 Å². The number of amides is 2. The Morgan fingerprint density at radius 2 is 1.39 bits per heavy atom. The predicted molar refractivity (Wildman–Crippen MR) is 285 cm³/mol. The van der Waals surface area contributed by atoms with Gasteiger partial charge in [-0.15, -0.1) is 28.2 Å². The van der Waals surface area contributed by atoms with Gasteiger partial charge in [-0.3, -0.25) is 14.5 Å². The number of oxime groups is 1. The van der Waals surface area contributed by atoms with Gasteiger partial charge in [-0.1, -0.05) is 96.2 Å². The number of anilines is 1. The average molecular weight is 1080 g/mol. The second kappa shape index (κ2) is 24.1. The number of ether oxygens (including phenoxy) is 6. The molecule has 2 atom stereocenters. The lowest BCUT2D eigenvalue weighted by atomic mass is 9.77. The highest BCUT2D eigenvalue weighted by molar-refractivity contribution is 8.00. The average Bonchev–Trinajstić information content (AvgIpc) is 4.22. The molecule has 2 aromatic heterocycles. The number of hydrogen-bond donors (Lipinski definition) is 2. The van der Waals surface area contributed by atoms with Crippen LogP contribution in [0.5, 0.6) is 23.0 Å². The molecule has 1 fully saturated rings. The van der Waals surface area contributed by atoms with E-state index in [1.54, 1.807) is 49.9 Å². The first-order valence-corrected chi connectivity index (χ1v) is 25.7. The standard InChI is InChI=1S/C55H51N9O11S2/c1-69-40-24-21-34(43(27-40)71-3)29-63-45(59-61-62-63)31-75-60-47(42-33-77-54(56-42)58-55(37-15-9-6-10-16-37,38-17-11-7-12-18-38)39-19-13-8-14-20-39)50(66)57-48-51(67)64-49(36(32-76-52(48)64)23-26-46(65)73-5)53(68)74-30-35-22-25-41(70-2)28-44(35)72-4/h6-28,33,48,52H,29-32H2,1-5H3,(H,56,58)(H,57,66)/b26-23-,60-47-/t48-,52-/m1/s1. The van der Waals surface area contributed by atoms with Crippen molar-refractivity contribution in [1.29, 1.82) is 0 Å². The molecule has 22 heteroatoms. The monoisotopic (exact) mass is 1080 g/mol. The molecule has 9 rings (SSSR count). The van der Waals surface area contributed by atoms with E-state index < -0.39 is 40.7 Å². The predicted octanol–water partition coefficient (Wildman–Crippen LogP) is 6.66. The number of nitrogens with zero attached hydrogens (tertiary/aromatic N) is 7. The Balaban J connectivity index is 1.02. The van der Waals surface area contributed by atoms with Gasteiger partial charge in [-0.2, -0.15) is 0 Å². The number of aromatic nitrogens is 5. The number of allylic oxidation sites excluding steroid dienone is 1. The summed E-state index contributed by atoms with van der Waals surface area (Å²) in [5.74, 6) is -0.425. The summed E-state index contributed by atoms with van der Waals surface area (Å²) in [5.41, 5.74) is 3.16. The Morgan fingerprint density at radius 1 is 0.779 bits per heavy atom. The number of carbonyl (C=O) groups is 4. The van der Waals surface area contributed by atoms with Gasteiger partial charge in [0.15, 0.2) is 23.3 Å².